The number of anilines is 1. The first-order valence-electron chi connectivity index (χ1n) is 5.83. The maximum atomic E-state index is 11.5. The van der Waals surface area contributed by atoms with Crippen LogP contribution in [0.4, 0.5) is 10.5 Å². The Bertz CT molecular complexity index is 576. The predicted molar refractivity (Wildman–Crippen MR) is 73.3 cm³/mol. The van der Waals surface area contributed by atoms with Crippen molar-refractivity contribution in [1.82, 2.24) is 20.1 Å². The number of aryl methyl sites for hydroxylation is 1. The highest BCUT2D eigenvalue weighted by Crippen LogP contribution is 2.15. The van der Waals surface area contributed by atoms with Crippen LogP contribution in [0, 0.1) is 6.92 Å². The minimum Gasteiger partial charge on any atom is -0.334 e. The molecule has 0 aliphatic carbocycles. The summed E-state index contributed by atoms with van der Waals surface area (Å²) in [6.07, 6.45) is 6.76. The number of hydrogen-bond acceptors (Lipinski definition) is 3. The van der Waals surface area contributed by atoms with Gasteiger partial charge < -0.3 is 10.6 Å². The van der Waals surface area contributed by atoms with Gasteiger partial charge in [-0.15, -0.1) is 6.58 Å². The molecule has 2 amide bonds. The summed E-state index contributed by atoms with van der Waals surface area (Å²) < 4.78 is 1.67. The van der Waals surface area contributed by atoms with E-state index in [1.54, 1.807) is 29.3 Å². The molecule has 2 aromatic rings. The van der Waals surface area contributed by atoms with Gasteiger partial charge in [-0.1, -0.05) is 6.08 Å². The van der Waals surface area contributed by atoms with Gasteiger partial charge in [-0.3, -0.25) is 4.98 Å². The van der Waals surface area contributed by atoms with Crippen LogP contribution in [0.25, 0.3) is 5.69 Å². The fraction of sp³-hybridized carbons (Fsp3) is 0.154. The van der Waals surface area contributed by atoms with Crippen LogP contribution in [-0.2, 0) is 0 Å². The number of hydrogen-bond donors (Lipinski definition) is 2. The van der Waals surface area contributed by atoms with E-state index in [1.807, 2.05) is 19.1 Å². The van der Waals surface area contributed by atoms with Crippen molar-refractivity contribution in [2.45, 2.75) is 6.92 Å². The molecule has 2 rings (SSSR count). The molecule has 19 heavy (non-hydrogen) atoms. The average Bonchev–Trinajstić information content (AvgIpc) is 2.79. The number of urea groups is 1. The zero-order chi connectivity index (χ0) is 13.7. The van der Waals surface area contributed by atoms with Gasteiger partial charge in [0, 0.05) is 12.7 Å². The fourth-order valence-corrected chi connectivity index (χ4v) is 1.54. The number of aromatic nitrogens is 3. The lowest BCUT2D eigenvalue weighted by Crippen LogP contribution is -2.28. The maximum absolute atomic E-state index is 11.5. The van der Waals surface area contributed by atoms with Gasteiger partial charge in [0.15, 0.2) is 0 Å². The Morgan fingerprint density at radius 1 is 1.58 bits per heavy atom. The quantitative estimate of drug-likeness (QED) is 0.821. The number of nitrogens with one attached hydrogen (secondary N) is 2. The Kier molecular flexibility index (Phi) is 3.92. The molecule has 2 aromatic heterocycles. The zero-order valence-electron chi connectivity index (χ0n) is 10.6. The average molecular weight is 257 g/mol. The number of carbonyl (C=O) groups excluding carboxylic acids is 1. The van der Waals surface area contributed by atoms with Crippen LogP contribution >= 0.6 is 0 Å². The number of nitrogens with zero attached hydrogens (tertiary/aromatic N) is 3. The Balaban J connectivity index is 2.13. The van der Waals surface area contributed by atoms with Gasteiger partial charge in [0.25, 0.3) is 0 Å². The highest BCUT2D eigenvalue weighted by atomic mass is 16.2. The SMILES string of the molecule is C=CCNC(=O)Nc1cn(-c2cccnc2)nc1C. The van der Waals surface area contributed by atoms with Crippen LogP contribution in [-0.4, -0.2) is 27.3 Å². The molecule has 0 unspecified atom stereocenters. The predicted octanol–water partition coefficient (Wildman–Crippen LogP) is 1.88. The lowest BCUT2D eigenvalue weighted by atomic mass is 10.4. The van der Waals surface area contributed by atoms with Gasteiger partial charge in [0.05, 0.1) is 29.5 Å². The van der Waals surface area contributed by atoms with Crippen molar-refractivity contribution in [2.24, 2.45) is 0 Å². The molecular weight excluding hydrogens is 242 g/mol. The number of rotatable bonds is 4. The minimum atomic E-state index is -0.284. The lowest BCUT2D eigenvalue weighted by molar-refractivity contribution is 0.253. The summed E-state index contributed by atoms with van der Waals surface area (Å²) in [6.45, 7) is 5.78. The maximum Gasteiger partial charge on any atom is 0.319 e. The van der Waals surface area contributed by atoms with E-state index in [2.05, 4.69) is 27.3 Å². The highest BCUT2D eigenvalue weighted by Gasteiger charge is 2.08. The number of amides is 2. The molecule has 0 spiro atoms. The van der Waals surface area contributed by atoms with E-state index < -0.39 is 0 Å². The van der Waals surface area contributed by atoms with E-state index in [4.69, 9.17) is 0 Å². The second kappa shape index (κ2) is 5.81. The summed E-state index contributed by atoms with van der Waals surface area (Å²) in [5, 5.41) is 9.70. The molecule has 0 saturated carbocycles. The molecule has 0 atom stereocenters. The third-order valence-corrected chi connectivity index (χ3v) is 2.46. The summed E-state index contributed by atoms with van der Waals surface area (Å²) in [4.78, 5) is 15.6. The van der Waals surface area contributed by atoms with Crippen molar-refractivity contribution < 1.29 is 4.79 Å². The molecule has 6 nitrogen and oxygen atoms in total. The summed E-state index contributed by atoms with van der Waals surface area (Å²) in [5.74, 6) is 0. The molecule has 0 aliphatic heterocycles. The monoisotopic (exact) mass is 257 g/mol. The largest absolute Gasteiger partial charge is 0.334 e. The van der Waals surface area contributed by atoms with E-state index in [0.717, 1.165) is 11.4 Å². The standard InChI is InChI=1S/C13H15N5O/c1-3-6-15-13(19)16-12-9-18(17-10(12)2)11-5-4-7-14-8-11/h3-5,7-9H,1,6H2,2H3,(H2,15,16,19). The first-order chi connectivity index (χ1) is 9.20. The first kappa shape index (κ1) is 12.8. The van der Waals surface area contributed by atoms with Gasteiger partial charge >= 0.3 is 6.03 Å². The van der Waals surface area contributed by atoms with Crippen LogP contribution in [0.15, 0.2) is 43.4 Å². The van der Waals surface area contributed by atoms with Crippen molar-refractivity contribution >= 4 is 11.7 Å². The normalized spacial score (nSPS) is 9.95. The summed E-state index contributed by atoms with van der Waals surface area (Å²) in [6, 6.07) is 3.44. The number of pyridine rings is 1. The Hall–Kier alpha value is -2.63. The minimum absolute atomic E-state index is 0.284. The fourth-order valence-electron chi connectivity index (χ4n) is 1.54. The van der Waals surface area contributed by atoms with E-state index in [-0.39, 0.29) is 6.03 Å². The van der Waals surface area contributed by atoms with Crippen molar-refractivity contribution in [3.05, 3.63) is 49.1 Å². The molecule has 0 bridgehead atoms. The molecule has 0 radical (unpaired) electrons. The molecular formula is C13H15N5O. The van der Waals surface area contributed by atoms with Crippen LogP contribution in [0.3, 0.4) is 0 Å². The van der Waals surface area contributed by atoms with Crippen molar-refractivity contribution in [3.8, 4) is 5.69 Å². The third kappa shape index (κ3) is 3.19. The van der Waals surface area contributed by atoms with Gasteiger partial charge in [-0.25, -0.2) is 9.48 Å². The van der Waals surface area contributed by atoms with Crippen molar-refractivity contribution in [2.75, 3.05) is 11.9 Å². The molecule has 2 N–H and O–H groups in total. The molecule has 0 aromatic carbocycles. The van der Waals surface area contributed by atoms with E-state index in [1.165, 1.54) is 0 Å². The number of carbonyl (C=O) groups is 1. The lowest BCUT2D eigenvalue weighted by Gasteiger charge is -2.03. The third-order valence-electron chi connectivity index (χ3n) is 2.46. The molecule has 0 saturated heterocycles. The summed E-state index contributed by atoms with van der Waals surface area (Å²) in [5.41, 5.74) is 2.23. The second-order valence-corrected chi connectivity index (χ2v) is 3.91. The Labute approximate surface area is 111 Å². The van der Waals surface area contributed by atoms with E-state index in [9.17, 15) is 4.79 Å². The topological polar surface area (TPSA) is 71.8 Å². The van der Waals surface area contributed by atoms with Gasteiger partial charge in [-0.05, 0) is 19.1 Å². The van der Waals surface area contributed by atoms with Crippen LogP contribution in [0.2, 0.25) is 0 Å². The van der Waals surface area contributed by atoms with Gasteiger partial charge in [0.1, 0.15) is 0 Å². The molecule has 6 heteroatoms. The highest BCUT2D eigenvalue weighted by molar-refractivity contribution is 5.89. The molecule has 0 aliphatic rings. The van der Waals surface area contributed by atoms with Gasteiger partial charge in [-0.2, -0.15) is 5.10 Å². The zero-order valence-corrected chi connectivity index (χ0v) is 10.6. The Morgan fingerprint density at radius 3 is 3.11 bits per heavy atom. The Morgan fingerprint density at radius 2 is 2.42 bits per heavy atom. The van der Waals surface area contributed by atoms with E-state index in [0.29, 0.717) is 12.2 Å². The molecule has 2 heterocycles. The van der Waals surface area contributed by atoms with Gasteiger partial charge in [0.2, 0.25) is 0 Å². The van der Waals surface area contributed by atoms with Crippen LogP contribution in [0.5, 0.6) is 0 Å². The summed E-state index contributed by atoms with van der Waals surface area (Å²) in [7, 11) is 0. The van der Waals surface area contributed by atoms with Crippen molar-refractivity contribution in [3.63, 3.8) is 0 Å². The smallest absolute Gasteiger partial charge is 0.319 e. The summed E-state index contributed by atoms with van der Waals surface area (Å²) >= 11 is 0. The molecule has 0 fully saturated rings. The van der Waals surface area contributed by atoms with E-state index >= 15 is 0 Å². The molecule has 98 valence electrons. The van der Waals surface area contributed by atoms with Crippen molar-refractivity contribution in [1.29, 1.82) is 0 Å². The van der Waals surface area contributed by atoms with Crippen LogP contribution in [0.1, 0.15) is 5.69 Å². The first-order valence-corrected chi connectivity index (χ1v) is 5.83. The second-order valence-electron chi connectivity index (χ2n) is 3.91. The van der Waals surface area contributed by atoms with Crippen LogP contribution < -0.4 is 10.6 Å².